The van der Waals surface area contributed by atoms with Crippen molar-refractivity contribution < 1.29 is 4.79 Å². The second kappa shape index (κ2) is 8.07. The van der Waals surface area contributed by atoms with Crippen molar-refractivity contribution in [1.29, 1.82) is 0 Å². The lowest BCUT2D eigenvalue weighted by atomic mass is 10.1. The molecule has 0 radical (unpaired) electrons. The van der Waals surface area contributed by atoms with Gasteiger partial charge in [-0.3, -0.25) is 9.20 Å². The van der Waals surface area contributed by atoms with Crippen molar-refractivity contribution in [1.82, 2.24) is 14.3 Å². The van der Waals surface area contributed by atoms with Crippen LogP contribution >= 0.6 is 11.3 Å². The van der Waals surface area contributed by atoms with Crippen LogP contribution in [0.4, 0.5) is 0 Å². The predicted octanol–water partition coefficient (Wildman–Crippen LogP) is 5.47. The maximum absolute atomic E-state index is 13.1. The van der Waals surface area contributed by atoms with Crippen molar-refractivity contribution in [3.8, 4) is 11.3 Å². The molecule has 0 saturated heterocycles. The molecular weight excluding hydrogens is 390 g/mol. The second-order valence-corrected chi connectivity index (χ2v) is 8.74. The fraction of sp³-hybridized carbons (Fsp3) is 0.280. The van der Waals surface area contributed by atoms with Crippen LogP contribution in [0.5, 0.6) is 0 Å². The molecule has 4 nitrogen and oxygen atoms in total. The van der Waals surface area contributed by atoms with Crippen LogP contribution in [-0.4, -0.2) is 32.8 Å². The Bertz CT molecular complexity index is 1160. The molecular formula is C25H25N3OS. The van der Waals surface area contributed by atoms with Gasteiger partial charge in [0.25, 0.3) is 5.91 Å². The van der Waals surface area contributed by atoms with Crippen LogP contribution in [0.15, 0.2) is 66.2 Å². The highest BCUT2D eigenvalue weighted by molar-refractivity contribution is 7.15. The van der Waals surface area contributed by atoms with E-state index in [1.165, 1.54) is 11.3 Å². The van der Waals surface area contributed by atoms with Gasteiger partial charge < -0.3 is 4.90 Å². The lowest BCUT2D eigenvalue weighted by Crippen LogP contribution is -2.35. The zero-order chi connectivity index (χ0) is 20.5. The molecule has 0 aliphatic heterocycles. The maximum atomic E-state index is 13.1. The zero-order valence-electron chi connectivity index (χ0n) is 17.1. The van der Waals surface area contributed by atoms with Gasteiger partial charge in [0.05, 0.1) is 5.69 Å². The maximum Gasteiger partial charge on any atom is 0.254 e. The summed E-state index contributed by atoms with van der Waals surface area (Å²) >= 11 is 1.66. The Kier molecular flexibility index (Phi) is 5.13. The fourth-order valence-electron chi connectivity index (χ4n) is 3.88. The van der Waals surface area contributed by atoms with Crippen molar-refractivity contribution in [3.05, 3.63) is 83.0 Å². The Morgan fingerprint density at radius 2 is 1.90 bits per heavy atom. The quantitative estimate of drug-likeness (QED) is 0.401. The topological polar surface area (TPSA) is 37.6 Å². The smallest absolute Gasteiger partial charge is 0.254 e. The van der Waals surface area contributed by atoms with Crippen LogP contribution < -0.4 is 0 Å². The average molecular weight is 416 g/mol. The van der Waals surface area contributed by atoms with Crippen LogP contribution in [0, 0.1) is 0 Å². The standard InChI is InChI=1S/C25H25N3OS/c1-2-18-8-10-20(11-9-18)24(29)27(21-12-13-21)15-14-22-17-30-25-26-23(16-28(22)25)19-6-4-3-5-7-19/h3-11,16-17,21H,2,12-15H2,1H3. The van der Waals surface area contributed by atoms with E-state index < -0.39 is 0 Å². The van der Waals surface area contributed by atoms with Gasteiger partial charge >= 0.3 is 0 Å². The summed E-state index contributed by atoms with van der Waals surface area (Å²) in [4.78, 5) is 21.0. The second-order valence-electron chi connectivity index (χ2n) is 7.90. The van der Waals surface area contributed by atoms with Crippen LogP contribution in [0.25, 0.3) is 16.2 Å². The molecule has 1 aliphatic carbocycles. The zero-order valence-corrected chi connectivity index (χ0v) is 17.9. The summed E-state index contributed by atoms with van der Waals surface area (Å²) in [5.74, 6) is 0.155. The summed E-state index contributed by atoms with van der Waals surface area (Å²) in [6, 6.07) is 18.7. The third kappa shape index (κ3) is 3.77. The third-order valence-corrected chi connectivity index (χ3v) is 6.71. The molecule has 1 saturated carbocycles. The fourth-order valence-corrected chi connectivity index (χ4v) is 4.78. The molecule has 4 aromatic rings. The minimum absolute atomic E-state index is 0.155. The van der Waals surface area contributed by atoms with Gasteiger partial charge in [-0.15, -0.1) is 11.3 Å². The van der Waals surface area contributed by atoms with Gasteiger partial charge in [-0.25, -0.2) is 4.98 Å². The van der Waals surface area contributed by atoms with E-state index in [-0.39, 0.29) is 5.91 Å². The number of rotatable bonds is 7. The molecule has 0 spiro atoms. The predicted molar refractivity (Wildman–Crippen MR) is 122 cm³/mol. The van der Waals surface area contributed by atoms with Gasteiger partial charge in [0.15, 0.2) is 4.96 Å². The molecule has 30 heavy (non-hydrogen) atoms. The highest BCUT2D eigenvalue weighted by atomic mass is 32.1. The minimum atomic E-state index is 0.155. The normalized spacial score (nSPS) is 13.6. The number of hydrogen-bond donors (Lipinski definition) is 0. The molecule has 1 amide bonds. The number of benzene rings is 2. The molecule has 0 atom stereocenters. The molecule has 152 valence electrons. The number of thiazole rings is 1. The Morgan fingerprint density at radius 1 is 1.13 bits per heavy atom. The first kappa shape index (κ1) is 19.1. The van der Waals surface area contributed by atoms with Crippen molar-refractivity contribution >= 4 is 22.2 Å². The van der Waals surface area contributed by atoms with Gasteiger partial charge in [0, 0.05) is 47.4 Å². The summed E-state index contributed by atoms with van der Waals surface area (Å²) in [6.45, 7) is 2.87. The minimum Gasteiger partial charge on any atom is -0.335 e. The molecule has 5 heteroatoms. The number of imidazole rings is 1. The van der Waals surface area contributed by atoms with Crippen LogP contribution in [0.2, 0.25) is 0 Å². The van der Waals surface area contributed by atoms with Crippen LogP contribution in [0.1, 0.15) is 41.4 Å². The number of fused-ring (bicyclic) bond motifs is 1. The van der Waals surface area contributed by atoms with E-state index in [0.717, 1.165) is 54.0 Å². The Balaban J connectivity index is 1.34. The highest BCUT2D eigenvalue weighted by Crippen LogP contribution is 2.29. The van der Waals surface area contributed by atoms with E-state index in [2.05, 4.69) is 52.1 Å². The first-order valence-corrected chi connectivity index (χ1v) is 11.5. The molecule has 0 N–H and O–H groups in total. The highest BCUT2D eigenvalue weighted by Gasteiger charge is 2.32. The Hall–Kier alpha value is -2.92. The van der Waals surface area contributed by atoms with Crippen LogP contribution in [0.3, 0.4) is 0 Å². The summed E-state index contributed by atoms with van der Waals surface area (Å²) < 4.78 is 2.18. The third-order valence-electron chi connectivity index (χ3n) is 5.82. The van der Waals surface area contributed by atoms with E-state index in [1.807, 2.05) is 30.3 Å². The molecule has 2 aromatic carbocycles. The average Bonchev–Trinajstić information content (AvgIpc) is 3.43. The summed E-state index contributed by atoms with van der Waals surface area (Å²) in [5, 5.41) is 2.17. The van der Waals surface area contributed by atoms with Gasteiger partial charge in [-0.1, -0.05) is 49.4 Å². The molecule has 0 bridgehead atoms. The van der Waals surface area contributed by atoms with E-state index in [0.29, 0.717) is 6.04 Å². The lowest BCUT2D eigenvalue weighted by Gasteiger charge is -2.22. The summed E-state index contributed by atoms with van der Waals surface area (Å²) in [6.07, 6.45) is 6.16. The largest absolute Gasteiger partial charge is 0.335 e. The monoisotopic (exact) mass is 415 g/mol. The first-order chi connectivity index (χ1) is 14.7. The van der Waals surface area contributed by atoms with Gasteiger partial charge in [0.2, 0.25) is 0 Å². The van der Waals surface area contributed by atoms with Gasteiger partial charge in [0.1, 0.15) is 0 Å². The number of hydrogen-bond acceptors (Lipinski definition) is 3. The lowest BCUT2D eigenvalue weighted by molar-refractivity contribution is 0.0744. The molecule has 5 rings (SSSR count). The summed E-state index contributed by atoms with van der Waals surface area (Å²) in [5.41, 5.74) is 5.40. The number of nitrogens with zero attached hydrogens (tertiary/aromatic N) is 3. The summed E-state index contributed by atoms with van der Waals surface area (Å²) in [7, 11) is 0. The molecule has 1 fully saturated rings. The Morgan fingerprint density at radius 3 is 2.60 bits per heavy atom. The number of aromatic nitrogens is 2. The SMILES string of the molecule is CCc1ccc(C(=O)N(CCc2csc3nc(-c4ccccc4)cn23)C2CC2)cc1. The molecule has 1 aliphatic rings. The van der Waals surface area contributed by atoms with Gasteiger partial charge in [-0.2, -0.15) is 0 Å². The molecule has 2 heterocycles. The molecule has 2 aromatic heterocycles. The van der Waals surface area contributed by atoms with E-state index >= 15 is 0 Å². The van der Waals surface area contributed by atoms with Crippen molar-refractivity contribution in [2.75, 3.05) is 6.54 Å². The number of carbonyl (C=O) groups excluding carboxylic acids is 1. The van der Waals surface area contributed by atoms with Crippen molar-refractivity contribution in [3.63, 3.8) is 0 Å². The van der Waals surface area contributed by atoms with E-state index in [1.54, 1.807) is 11.3 Å². The number of aryl methyl sites for hydroxylation is 1. The van der Waals surface area contributed by atoms with Crippen molar-refractivity contribution in [2.45, 2.75) is 38.6 Å². The van der Waals surface area contributed by atoms with E-state index in [4.69, 9.17) is 4.98 Å². The number of amides is 1. The Labute approximate surface area is 180 Å². The van der Waals surface area contributed by atoms with Crippen LogP contribution in [-0.2, 0) is 12.8 Å². The van der Waals surface area contributed by atoms with Gasteiger partial charge in [-0.05, 0) is 37.0 Å². The molecule has 0 unspecified atom stereocenters. The first-order valence-electron chi connectivity index (χ1n) is 10.6. The number of carbonyl (C=O) groups is 1. The van der Waals surface area contributed by atoms with Crippen molar-refractivity contribution in [2.24, 2.45) is 0 Å². The van der Waals surface area contributed by atoms with E-state index in [9.17, 15) is 4.79 Å².